The van der Waals surface area contributed by atoms with E-state index in [0.29, 0.717) is 0 Å². The summed E-state index contributed by atoms with van der Waals surface area (Å²) in [5.41, 5.74) is -1.06. The Hall–Kier alpha value is -2.03. The SMILES string of the molecule is N#CC(CCC(=O)O)c1ccccc1C(F)(F)F. The Balaban J connectivity index is 3.07. The van der Waals surface area contributed by atoms with Gasteiger partial charge in [-0.05, 0) is 18.1 Å². The molecule has 1 aromatic carbocycles. The second-order valence-electron chi connectivity index (χ2n) is 3.70. The second kappa shape index (κ2) is 5.54. The van der Waals surface area contributed by atoms with Gasteiger partial charge in [-0.3, -0.25) is 4.79 Å². The Morgan fingerprint density at radius 2 is 2.00 bits per heavy atom. The number of rotatable bonds is 4. The number of aliphatic carboxylic acids is 1. The monoisotopic (exact) mass is 257 g/mol. The maximum Gasteiger partial charge on any atom is 0.416 e. The van der Waals surface area contributed by atoms with Crippen molar-refractivity contribution >= 4 is 5.97 Å². The molecule has 1 rings (SSSR count). The summed E-state index contributed by atoms with van der Waals surface area (Å²) in [6, 6.07) is 6.45. The molecule has 0 spiro atoms. The van der Waals surface area contributed by atoms with Gasteiger partial charge < -0.3 is 5.11 Å². The van der Waals surface area contributed by atoms with Crippen molar-refractivity contribution < 1.29 is 23.1 Å². The predicted octanol–water partition coefficient (Wildman–Crippen LogP) is 3.18. The summed E-state index contributed by atoms with van der Waals surface area (Å²) in [5, 5.41) is 17.4. The van der Waals surface area contributed by atoms with Crippen molar-refractivity contribution in [2.24, 2.45) is 0 Å². The first kappa shape index (κ1) is 14.0. The van der Waals surface area contributed by atoms with E-state index in [0.717, 1.165) is 6.07 Å². The minimum Gasteiger partial charge on any atom is -0.481 e. The second-order valence-corrected chi connectivity index (χ2v) is 3.70. The highest BCUT2D eigenvalue weighted by molar-refractivity contribution is 5.66. The van der Waals surface area contributed by atoms with E-state index in [1.165, 1.54) is 18.2 Å². The van der Waals surface area contributed by atoms with Gasteiger partial charge in [0.15, 0.2) is 0 Å². The number of hydrogen-bond donors (Lipinski definition) is 1. The first-order chi connectivity index (χ1) is 8.36. The third-order valence-electron chi connectivity index (χ3n) is 2.44. The first-order valence-electron chi connectivity index (χ1n) is 5.13. The zero-order chi connectivity index (χ0) is 13.8. The number of nitrogens with zero attached hydrogens (tertiary/aromatic N) is 1. The van der Waals surface area contributed by atoms with Crippen LogP contribution in [0.4, 0.5) is 13.2 Å². The Kier molecular flexibility index (Phi) is 4.32. The summed E-state index contributed by atoms with van der Waals surface area (Å²) in [7, 11) is 0. The van der Waals surface area contributed by atoms with Gasteiger partial charge >= 0.3 is 12.1 Å². The van der Waals surface area contributed by atoms with Crippen LogP contribution in [-0.4, -0.2) is 11.1 Å². The van der Waals surface area contributed by atoms with Crippen molar-refractivity contribution in [3.8, 4) is 6.07 Å². The Labute approximate surface area is 101 Å². The summed E-state index contributed by atoms with van der Waals surface area (Å²) in [6.45, 7) is 0. The zero-order valence-electron chi connectivity index (χ0n) is 9.24. The number of carboxylic acid groups (broad SMARTS) is 1. The molecule has 0 heterocycles. The molecule has 0 amide bonds. The number of alkyl halides is 3. The lowest BCUT2D eigenvalue weighted by Crippen LogP contribution is -2.12. The van der Waals surface area contributed by atoms with Gasteiger partial charge in [-0.2, -0.15) is 18.4 Å². The van der Waals surface area contributed by atoms with Gasteiger partial charge in [-0.25, -0.2) is 0 Å². The number of hydrogen-bond acceptors (Lipinski definition) is 2. The minimum atomic E-state index is -4.55. The molecular formula is C12H10F3NO2. The molecule has 96 valence electrons. The number of nitriles is 1. The van der Waals surface area contributed by atoms with Crippen LogP contribution < -0.4 is 0 Å². The smallest absolute Gasteiger partial charge is 0.416 e. The van der Waals surface area contributed by atoms with Crippen molar-refractivity contribution in [3.05, 3.63) is 35.4 Å². The van der Waals surface area contributed by atoms with Crippen molar-refractivity contribution in [2.75, 3.05) is 0 Å². The molecule has 0 fully saturated rings. The van der Waals surface area contributed by atoms with Crippen LogP contribution in [0.15, 0.2) is 24.3 Å². The number of carbonyl (C=O) groups is 1. The number of benzene rings is 1. The number of halogens is 3. The molecular weight excluding hydrogens is 247 g/mol. The van der Waals surface area contributed by atoms with Gasteiger partial charge in [0, 0.05) is 6.42 Å². The molecule has 3 nitrogen and oxygen atoms in total. The molecule has 1 aromatic rings. The standard InChI is InChI=1S/C12H10F3NO2/c13-12(14,15)10-4-2-1-3-9(10)8(7-16)5-6-11(17)18/h1-4,8H,5-6H2,(H,17,18). The minimum absolute atomic E-state index is 0.140. The lowest BCUT2D eigenvalue weighted by molar-refractivity contribution is -0.138. The highest BCUT2D eigenvalue weighted by Crippen LogP contribution is 2.36. The van der Waals surface area contributed by atoms with Gasteiger partial charge in [-0.15, -0.1) is 0 Å². The summed E-state index contributed by atoms with van der Waals surface area (Å²) < 4.78 is 38.2. The largest absolute Gasteiger partial charge is 0.481 e. The Bertz CT molecular complexity index is 477. The predicted molar refractivity (Wildman–Crippen MR) is 56.7 cm³/mol. The molecule has 0 aliphatic heterocycles. The van der Waals surface area contributed by atoms with Crippen LogP contribution >= 0.6 is 0 Å². The molecule has 6 heteroatoms. The average Bonchev–Trinajstić information content (AvgIpc) is 2.29. The summed E-state index contributed by atoms with van der Waals surface area (Å²) in [6.07, 6.45) is -5.03. The van der Waals surface area contributed by atoms with Crippen molar-refractivity contribution in [3.63, 3.8) is 0 Å². The summed E-state index contributed by atoms with van der Waals surface area (Å²) in [4.78, 5) is 10.4. The van der Waals surface area contributed by atoms with Crippen LogP contribution in [0.5, 0.6) is 0 Å². The molecule has 18 heavy (non-hydrogen) atoms. The van der Waals surface area contributed by atoms with Gasteiger partial charge in [0.25, 0.3) is 0 Å². The summed E-state index contributed by atoms with van der Waals surface area (Å²) in [5.74, 6) is -2.21. The fraction of sp³-hybridized carbons (Fsp3) is 0.333. The van der Waals surface area contributed by atoms with E-state index < -0.39 is 23.6 Å². The first-order valence-corrected chi connectivity index (χ1v) is 5.13. The lowest BCUT2D eigenvalue weighted by Gasteiger charge is -2.15. The third kappa shape index (κ3) is 3.48. The van der Waals surface area contributed by atoms with E-state index in [9.17, 15) is 18.0 Å². The number of carboxylic acids is 1. The summed E-state index contributed by atoms with van der Waals surface area (Å²) >= 11 is 0. The van der Waals surface area contributed by atoms with Gasteiger partial charge in [0.2, 0.25) is 0 Å². The van der Waals surface area contributed by atoms with E-state index >= 15 is 0 Å². The van der Waals surface area contributed by atoms with E-state index in [-0.39, 0.29) is 18.4 Å². The van der Waals surface area contributed by atoms with Gasteiger partial charge in [-0.1, -0.05) is 18.2 Å². The normalized spacial score (nSPS) is 12.8. The quantitative estimate of drug-likeness (QED) is 0.901. The van der Waals surface area contributed by atoms with Crippen molar-refractivity contribution in [1.29, 1.82) is 5.26 Å². The molecule has 0 radical (unpaired) electrons. The van der Waals surface area contributed by atoms with Gasteiger partial charge in [0.1, 0.15) is 0 Å². The van der Waals surface area contributed by atoms with Crippen LogP contribution in [0.1, 0.15) is 29.9 Å². The zero-order valence-corrected chi connectivity index (χ0v) is 9.24. The molecule has 0 saturated carbocycles. The molecule has 0 aliphatic carbocycles. The molecule has 1 atom stereocenters. The fourth-order valence-electron chi connectivity index (χ4n) is 1.62. The van der Waals surface area contributed by atoms with Crippen molar-refractivity contribution in [1.82, 2.24) is 0 Å². The van der Waals surface area contributed by atoms with Crippen LogP contribution in [-0.2, 0) is 11.0 Å². The highest BCUT2D eigenvalue weighted by atomic mass is 19.4. The molecule has 0 aliphatic rings. The van der Waals surface area contributed by atoms with E-state index in [2.05, 4.69) is 0 Å². The van der Waals surface area contributed by atoms with E-state index in [1.807, 2.05) is 0 Å². The molecule has 0 saturated heterocycles. The van der Waals surface area contributed by atoms with Gasteiger partial charge in [0.05, 0.1) is 17.6 Å². The van der Waals surface area contributed by atoms with E-state index in [1.54, 1.807) is 6.07 Å². The average molecular weight is 257 g/mol. The molecule has 1 unspecified atom stereocenters. The fourth-order valence-corrected chi connectivity index (χ4v) is 1.62. The van der Waals surface area contributed by atoms with Crippen LogP contribution in [0.2, 0.25) is 0 Å². The highest BCUT2D eigenvalue weighted by Gasteiger charge is 2.34. The molecule has 1 N–H and O–H groups in total. The van der Waals surface area contributed by atoms with E-state index in [4.69, 9.17) is 10.4 Å². The lowest BCUT2D eigenvalue weighted by atomic mass is 9.91. The van der Waals surface area contributed by atoms with Crippen LogP contribution in [0.25, 0.3) is 0 Å². The Morgan fingerprint density at radius 3 is 2.50 bits per heavy atom. The maximum absolute atomic E-state index is 12.7. The van der Waals surface area contributed by atoms with Crippen molar-refractivity contribution in [2.45, 2.75) is 24.9 Å². The Morgan fingerprint density at radius 1 is 1.39 bits per heavy atom. The van der Waals surface area contributed by atoms with Crippen LogP contribution in [0, 0.1) is 11.3 Å². The molecule has 0 aromatic heterocycles. The third-order valence-corrected chi connectivity index (χ3v) is 2.44. The topological polar surface area (TPSA) is 61.1 Å². The maximum atomic E-state index is 12.7. The van der Waals surface area contributed by atoms with Crippen LogP contribution in [0.3, 0.4) is 0 Å². The molecule has 0 bridgehead atoms.